The molecular weight excluding hydrogens is 321 g/mol. The van der Waals surface area contributed by atoms with Crippen LogP contribution in [0.15, 0.2) is 22.7 Å². The van der Waals surface area contributed by atoms with Crippen molar-refractivity contribution in [1.29, 1.82) is 0 Å². The van der Waals surface area contributed by atoms with Crippen molar-refractivity contribution in [2.24, 2.45) is 0 Å². The summed E-state index contributed by atoms with van der Waals surface area (Å²) in [6.45, 7) is 4.17. The van der Waals surface area contributed by atoms with Crippen LogP contribution in [0.4, 0.5) is 0 Å². The van der Waals surface area contributed by atoms with E-state index in [1.54, 1.807) is 12.1 Å². The van der Waals surface area contributed by atoms with Gasteiger partial charge in [0.25, 0.3) is 5.91 Å². The molecule has 0 aliphatic heterocycles. The van der Waals surface area contributed by atoms with Gasteiger partial charge in [-0.2, -0.15) is 0 Å². The first-order chi connectivity index (χ1) is 9.20. The van der Waals surface area contributed by atoms with Gasteiger partial charge >= 0.3 is 0 Å². The predicted octanol–water partition coefficient (Wildman–Crippen LogP) is 2.82. The van der Waals surface area contributed by atoms with Crippen LogP contribution in [0.2, 0.25) is 4.34 Å². The van der Waals surface area contributed by atoms with Gasteiger partial charge in [-0.05, 0) is 18.7 Å². The van der Waals surface area contributed by atoms with Crippen molar-refractivity contribution >= 4 is 41.3 Å². The second-order valence-electron chi connectivity index (χ2n) is 3.79. The number of nitrogens with zero attached hydrogens (tertiary/aromatic N) is 1. The van der Waals surface area contributed by atoms with Gasteiger partial charge in [-0.1, -0.05) is 23.7 Å². The van der Waals surface area contributed by atoms with Crippen LogP contribution in [0.5, 0.6) is 0 Å². The Morgan fingerprint density at radius 2 is 2.25 bits per heavy atom. The van der Waals surface area contributed by atoms with Crippen molar-refractivity contribution in [1.82, 2.24) is 15.8 Å². The molecule has 1 amide bonds. The van der Waals surface area contributed by atoms with Gasteiger partial charge in [-0.25, -0.2) is 0 Å². The van der Waals surface area contributed by atoms with Crippen LogP contribution in [-0.4, -0.2) is 30.7 Å². The summed E-state index contributed by atoms with van der Waals surface area (Å²) >= 11 is 7.23. The van der Waals surface area contributed by atoms with Crippen molar-refractivity contribution in [3.63, 3.8) is 0 Å². The number of thiophene rings is 1. The number of amides is 1. The van der Waals surface area contributed by atoms with E-state index in [9.17, 15) is 4.79 Å². The zero-order chi connectivity index (χ0) is 13.7. The van der Waals surface area contributed by atoms with Gasteiger partial charge in [0.05, 0.1) is 9.21 Å². The zero-order valence-corrected chi connectivity index (χ0v) is 13.2. The van der Waals surface area contributed by atoms with Gasteiger partial charge in [0.15, 0.2) is 11.5 Å². The number of rotatable bonds is 6. The lowest BCUT2D eigenvalue weighted by Gasteiger charge is -2.02. The molecule has 0 saturated carbocycles. The molecule has 0 radical (unpaired) electrons. The van der Waals surface area contributed by atoms with Gasteiger partial charge in [0.1, 0.15) is 0 Å². The Bertz CT molecular complexity index is 556. The number of nitrogens with one attached hydrogen (secondary N) is 2. The second kappa shape index (κ2) is 8.26. The first-order valence-electron chi connectivity index (χ1n) is 5.92. The van der Waals surface area contributed by atoms with Crippen molar-refractivity contribution in [3.05, 3.63) is 28.2 Å². The van der Waals surface area contributed by atoms with Crippen LogP contribution in [-0.2, 0) is 0 Å². The summed E-state index contributed by atoms with van der Waals surface area (Å²) in [6, 6.07) is 5.23. The van der Waals surface area contributed by atoms with Crippen molar-refractivity contribution in [2.45, 2.75) is 6.92 Å². The molecule has 0 saturated heterocycles. The van der Waals surface area contributed by atoms with E-state index in [0.717, 1.165) is 18.0 Å². The Labute approximate surface area is 132 Å². The first-order valence-corrected chi connectivity index (χ1v) is 7.11. The minimum absolute atomic E-state index is 0. The van der Waals surface area contributed by atoms with E-state index in [0.29, 0.717) is 16.6 Å². The number of carbonyl (C=O) groups is 1. The molecule has 0 aromatic carbocycles. The number of hydrogen-bond donors (Lipinski definition) is 2. The Kier molecular flexibility index (Phi) is 7.01. The Hall–Kier alpha value is -1.08. The fraction of sp³-hybridized carbons (Fsp3) is 0.333. The fourth-order valence-corrected chi connectivity index (χ4v) is 2.47. The quantitative estimate of drug-likeness (QED) is 0.796. The molecule has 5 nitrogen and oxygen atoms in total. The van der Waals surface area contributed by atoms with Crippen LogP contribution in [0.25, 0.3) is 10.6 Å². The summed E-state index contributed by atoms with van der Waals surface area (Å²) in [5, 5.41) is 9.63. The highest BCUT2D eigenvalue weighted by Gasteiger charge is 2.14. The van der Waals surface area contributed by atoms with Gasteiger partial charge in [-0.3, -0.25) is 4.79 Å². The molecule has 0 fully saturated rings. The minimum atomic E-state index is -0.240. The lowest BCUT2D eigenvalue weighted by atomic mass is 10.3. The van der Waals surface area contributed by atoms with E-state index in [-0.39, 0.29) is 24.0 Å². The third-order valence-electron chi connectivity index (χ3n) is 2.40. The maximum Gasteiger partial charge on any atom is 0.273 e. The lowest BCUT2D eigenvalue weighted by Crippen LogP contribution is -2.31. The van der Waals surface area contributed by atoms with Crippen LogP contribution in [0.3, 0.4) is 0 Å². The van der Waals surface area contributed by atoms with Crippen molar-refractivity contribution in [2.75, 3.05) is 19.6 Å². The van der Waals surface area contributed by atoms with Crippen LogP contribution >= 0.6 is 35.3 Å². The molecule has 20 heavy (non-hydrogen) atoms. The lowest BCUT2D eigenvalue weighted by molar-refractivity contribution is 0.0945. The fourth-order valence-electron chi connectivity index (χ4n) is 1.48. The number of carbonyl (C=O) groups excluding carboxylic acids is 1. The largest absolute Gasteiger partial charge is 0.355 e. The summed E-state index contributed by atoms with van der Waals surface area (Å²) in [7, 11) is 0. The molecule has 0 bridgehead atoms. The first kappa shape index (κ1) is 17.0. The molecule has 0 spiro atoms. The normalized spacial score (nSPS) is 10.1. The van der Waals surface area contributed by atoms with Crippen LogP contribution in [0.1, 0.15) is 17.4 Å². The van der Waals surface area contributed by atoms with Crippen LogP contribution < -0.4 is 10.6 Å². The molecule has 0 aliphatic rings. The van der Waals surface area contributed by atoms with E-state index >= 15 is 0 Å². The van der Waals surface area contributed by atoms with Crippen molar-refractivity contribution < 1.29 is 9.32 Å². The molecule has 2 heterocycles. The van der Waals surface area contributed by atoms with Gasteiger partial charge in [0.2, 0.25) is 0 Å². The van der Waals surface area contributed by atoms with Gasteiger partial charge in [0, 0.05) is 19.2 Å². The monoisotopic (exact) mass is 335 g/mol. The zero-order valence-electron chi connectivity index (χ0n) is 10.8. The average molecular weight is 336 g/mol. The number of aromatic nitrogens is 1. The summed E-state index contributed by atoms with van der Waals surface area (Å²) in [5.74, 6) is 0.310. The molecule has 2 rings (SSSR count). The minimum Gasteiger partial charge on any atom is -0.355 e. The van der Waals surface area contributed by atoms with E-state index in [2.05, 4.69) is 15.8 Å². The highest BCUT2D eigenvalue weighted by Crippen LogP contribution is 2.31. The standard InChI is InChI=1S/C12H14ClN3O2S.ClH/c1-2-14-5-6-15-12(17)8-7-9(18-16-8)10-3-4-11(13)19-10;/h3-4,7,14H,2,5-6H2,1H3,(H,15,17);1H. The third kappa shape index (κ3) is 4.49. The Morgan fingerprint density at radius 1 is 1.45 bits per heavy atom. The molecule has 0 aliphatic carbocycles. The van der Waals surface area contributed by atoms with E-state index in [1.807, 2.05) is 13.0 Å². The smallest absolute Gasteiger partial charge is 0.273 e. The SMILES string of the molecule is CCNCCNC(=O)c1cc(-c2ccc(Cl)s2)on1.Cl. The molecule has 110 valence electrons. The van der Waals surface area contributed by atoms with E-state index in [4.69, 9.17) is 16.1 Å². The summed E-state index contributed by atoms with van der Waals surface area (Å²) in [5.41, 5.74) is 0.274. The van der Waals surface area contributed by atoms with Crippen molar-refractivity contribution in [3.8, 4) is 10.6 Å². The molecule has 0 atom stereocenters. The number of hydrogen-bond acceptors (Lipinski definition) is 5. The average Bonchev–Trinajstić information content (AvgIpc) is 3.02. The highest BCUT2D eigenvalue weighted by atomic mass is 35.5. The molecule has 2 aromatic rings. The Morgan fingerprint density at radius 3 is 2.90 bits per heavy atom. The molecule has 0 unspecified atom stereocenters. The van der Waals surface area contributed by atoms with E-state index in [1.165, 1.54) is 11.3 Å². The summed E-state index contributed by atoms with van der Waals surface area (Å²) in [6.07, 6.45) is 0. The molecule has 2 N–H and O–H groups in total. The highest BCUT2D eigenvalue weighted by molar-refractivity contribution is 7.19. The topological polar surface area (TPSA) is 67.2 Å². The van der Waals surface area contributed by atoms with E-state index < -0.39 is 0 Å². The Balaban J connectivity index is 0.00000200. The summed E-state index contributed by atoms with van der Waals surface area (Å²) in [4.78, 5) is 12.6. The van der Waals surface area contributed by atoms with Crippen LogP contribution in [0, 0.1) is 0 Å². The van der Waals surface area contributed by atoms with Gasteiger partial charge in [-0.15, -0.1) is 23.7 Å². The number of halogens is 2. The summed E-state index contributed by atoms with van der Waals surface area (Å²) < 4.78 is 5.81. The number of likely N-dealkylation sites (N-methyl/N-ethyl adjacent to an activating group) is 1. The molecule has 2 aromatic heterocycles. The predicted molar refractivity (Wildman–Crippen MR) is 83.0 cm³/mol. The molecular formula is C12H15Cl2N3O2S. The second-order valence-corrected chi connectivity index (χ2v) is 5.50. The maximum absolute atomic E-state index is 11.8. The maximum atomic E-state index is 11.8. The third-order valence-corrected chi connectivity index (χ3v) is 3.64. The van der Waals surface area contributed by atoms with Gasteiger partial charge < -0.3 is 15.2 Å². The molecule has 8 heteroatoms.